The van der Waals surface area contributed by atoms with Gasteiger partial charge in [-0.2, -0.15) is 0 Å². The van der Waals surface area contributed by atoms with E-state index < -0.39 is 5.56 Å². The summed E-state index contributed by atoms with van der Waals surface area (Å²) >= 11 is 0. The van der Waals surface area contributed by atoms with Crippen LogP contribution in [0.3, 0.4) is 0 Å². The molecule has 0 saturated carbocycles. The minimum absolute atomic E-state index is 0.111. The van der Waals surface area contributed by atoms with Gasteiger partial charge in [-0.3, -0.25) is 9.59 Å². The zero-order chi connectivity index (χ0) is 13.9. The second-order valence-corrected chi connectivity index (χ2v) is 4.23. The van der Waals surface area contributed by atoms with Crippen LogP contribution in [0, 0.1) is 0 Å². The molecule has 5 nitrogen and oxygen atoms in total. The highest BCUT2D eigenvalue weighted by Gasteiger charge is 2.18. The third-order valence-electron chi connectivity index (χ3n) is 2.93. The Morgan fingerprint density at radius 2 is 1.55 bits per heavy atom. The Hall–Kier alpha value is -2.95. The lowest BCUT2D eigenvalue weighted by Crippen LogP contribution is -2.20. The Bertz CT molecular complexity index is 789. The molecule has 0 atom stereocenters. The van der Waals surface area contributed by atoms with Gasteiger partial charge in [0.15, 0.2) is 5.69 Å². The maximum Gasteiger partial charge on any atom is 0.302 e. The lowest BCUT2D eigenvalue weighted by molar-refractivity contribution is 0.103. The van der Waals surface area contributed by atoms with Gasteiger partial charge in [0.05, 0.1) is 5.69 Å². The smallest absolute Gasteiger partial charge is 0.287 e. The Kier molecular flexibility index (Phi) is 3.01. The van der Waals surface area contributed by atoms with E-state index in [0.717, 1.165) is 0 Å². The molecule has 0 saturated heterocycles. The first kappa shape index (κ1) is 12.1. The van der Waals surface area contributed by atoms with Gasteiger partial charge in [-0.1, -0.05) is 48.5 Å². The molecular weight excluding hydrogens is 254 g/mol. The zero-order valence-electron chi connectivity index (χ0n) is 10.5. The van der Waals surface area contributed by atoms with Crippen molar-refractivity contribution in [2.45, 2.75) is 0 Å². The number of para-hydroxylation sites is 1. The van der Waals surface area contributed by atoms with Crippen LogP contribution < -0.4 is 5.56 Å². The second kappa shape index (κ2) is 4.97. The topological polar surface area (TPSA) is 67.8 Å². The van der Waals surface area contributed by atoms with E-state index in [-0.39, 0.29) is 11.5 Å². The summed E-state index contributed by atoms with van der Waals surface area (Å²) in [6, 6.07) is 17.6. The number of carbonyl (C=O) groups is 1. The SMILES string of the molecule is O=C(c1ccccc1)c1n[nH]n(-c2ccccc2)c1=O. The van der Waals surface area contributed by atoms with Gasteiger partial charge < -0.3 is 0 Å². The molecule has 3 aromatic rings. The van der Waals surface area contributed by atoms with E-state index in [1.807, 2.05) is 12.1 Å². The second-order valence-electron chi connectivity index (χ2n) is 4.23. The van der Waals surface area contributed by atoms with Crippen molar-refractivity contribution in [1.29, 1.82) is 0 Å². The highest BCUT2D eigenvalue weighted by atomic mass is 16.2. The Morgan fingerprint density at radius 3 is 2.20 bits per heavy atom. The average molecular weight is 265 g/mol. The van der Waals surface area contributed by atoms with Gasteiger partial charge in [0, 0.05) is 5.56 Å². The molecule has 1 N–H and O–H groups in total. The summed E-state index contributed by atoms with van der Waals surface area (Å²) in [6.45, 7) is 0. The minimum atomic E-state index is -0.454. The van der Waals surface area contributed by atoms with E-state index in [1.165, 1.54) is 4.68 Å². The molecule has 20 heavy (non-hydrogen) atoms. The van der Waals surface area contributed by atoms with Crippen LogP contribution in [0.4, 0.5) is 0 Å². The Labute approximate surface area is 114 Å². The van der Waals surface area contributed by atoms with Crippen molar-refractivity contribution >= 4 is 5.78 Å². The molecule has 0 amide bonds. The summed E-state index contributed by atoms with van der Waals surface area (Å²) in [6.07, 6.45) is 0. The molecule has 0 aliphatic rings. The van der Waals surface area contributed by atoms with Crippen LogP contribution in [-0.4, -0.2) is 20.8 Å². The van der Waals surface area contributed by atoms with Gasteiger partial charge in [0.2, 0.25) is 5.78 Å². The maximum atomic E-state index is 12.2. The van der Waals surface area contributed by atoms with Gasteiger partial charge >= 0.3 is 5.56 Å². The summed E-state index contributed by atoms with van der Waals surface area (Å²) in [5.41, 5.74) is 0.513. The van der Waals surface area contributed by atoms with Crippen LogP contribution in [0.2, 0.25) is 0 Å². The molecule has 1 heterocycles. The number of ketones is 1. The quantitative estimate of drug-likeness (QED) is 0.734. The van der Waals surface area contributed by atoms with E-state index in [9.17, 15) is 9.59 Å². The highest BCUT2D eigenvalue weighted by Crippen LogP contribution is 2.06. The first-order chi connectivity index (χ1) is 9.77. The van der Waals surface area contributed by atoms with Crippen molar-refractivity contribution in [2.24, 2.45) is 0 Å². The summed E-state index contributed by atoms with van der Waals surface area (Å²) in [5.74, 6) is -0.387. The minimum Gasteiger partial charge on any atom is -0.287 e. The van der Waals surface area contributed by atoms with Crippen LogP contribution >= 0.6 is 0 Å². The number of aromatic amines is 1. The molecule has 0 fully saturated rings. The predicted octanol–water partition coefficient (Wildman–Crippen LogP) is 1.79. The van der Waals surface area contributed by atoms with Gasteiger partial charge in [0.1, 0.15) is 0 Å². The summed E-state index contributed by atoms with van der Waals surface area (Å²) in [4.78, 5) is 24.4. The number of nitrogens with one attached hydrogen (secondary N) is 1. The predicted molar refractivity (Wildman–Crippen MR) is 74.1 cm³/mol. The summed E-state index contributed by atoms with van der Waals surface area (Å²) in [7, 11) is 0. The summed E-state index contributed by atoms with van der Waals surface area (Å²) < 4.78 is 1.25. The zero-order valence-corrected chi connectivity index (χ0v) is 10.5. The number of benzene rings is 2. The van der Waals surface area contributed by atoms with E-state index in [1.54, 1.807) is 48.5 Å². The first-order valence-corrected chi connectivity index (χ1v) is 6.10. The standard InChI is InChI=1S/C15H11N3O2/c19-14(11-7-3-1-4-8-11)13-15(20)18(17-16-13)12-9-5-2-6-10-12/h1-10,17H. The molecule has 0 spiro atoms. The summed E-state index contributed by atoms with van der Waals surface area (Å²) in [5, 5.41) is 6.42. The molecule has 98 valence electrons. The molecule has 5 heteroatoms. The highest BCUT2D eigenvalue weighted by molar-refractivity contribution is 6.07. The normalized spacial score (nSPS) is 10.4. The molecule has 0 radical (unpaired) electrons. The lowest BCUT2D eigenvalue weighted by Gasteiger charge is -1.98. The van der Waals surface area contributed by atoms with Crippen molar-refractivity contribution in [3.05, 3.63) is 82.3 Å². The third kappa shape index (κ3) is 2.05. The van der Waals surface area contributed by atoms with Crippen molar-refractivity contribution in [3.8, 4) is 5.69 Å². The van der Waals surface area contributed by atoms with Gasteiger partial charge in [0.25, 0.3) is 0 Å². The maximum absolute atomic E-state index is 12.2. The van der Waals surface area contributed by atoms with Crippen LogP contribution in [0.25, 0.3) is 5.69 Å². The largest absolute Gasteiger partial charge is 0.302 e. The van der Waals surface area contributed by atoms with Gasteiger partial charge in [-0.05, 0) is 12.1 Å². The molecule has 1 aromatic heterocycles. The molecule has 3 rings (SSSR count). The van der Waals surface area contributed by atoms with Crippen molar-refractivity contribution in [2.75, 3.05) is 0 Å². The number of H-pyrrole nitrogens is 1. The van der Waals surface area contributed by atoms with Gasteiger partial charge in [-0.25, -0.2) is 9.90 Å². The molecule has 2 aromatic carbocycles. The lowest BCUT2D eigenvalue weighted by atomic mass is 10.1. The first-order valence-electron chi connectivity index (χ1n) is 6.10. The average Bonchev–Trinajstić information content (AvgIpc) is 2.90. The van der Waals surface area contributed by atoms with Crippen LogP contribution in [0.5, 0.6) is 0 Å². The fourth-order valence-corrected chi connectivity index (χ4v) is 1.93. The molecule has 0 unspecified atom stereocenters. The number of hydrogen-bond acceptors (Lipinski definition) is 3. The van der Waals surface area contributed by atoms with Crippen LogP contribution in [-0.2, 0) is 0 Å². The number of rotatable bonds is 3. The van der Waals surface area contributed by atoms with Crippen molar-refractivity contribution in [1.82, 2.24) is 15.0 Å². The number of hydrogen-bond donors (Lipinski definition) is 1. The van der Waals surface area contributed by atoms with E-state index >= 15 is 0 Å². The van der Waals surface area contributed by atoms with Crippen LogP contribution in [0.15, 0.2) is 65.5 Å². The van der Waals surface area contributed by atoms with E-state index in [2.05, 4.69) is 10.3 Å². The molecule has 0 bridgehead atoms. The molecule has 0 aliphatic heterocycles. The van der Waals surface area contributed by atoms with Crippen molar-refractivity contribution < 1.29 is 4.79 Å². The van der Waals surface area contributed by atoms with E-state index in [4.69, 9.17) is 0 Å². The molecular formula is C15H11N3O2. The van der Waals surface area contributed by atoms with Gasteiger partial charge in [-0.15, -0.1) is 5.10 Å². The number of nitrogens with zero attached hydrogens (tertiary/aromatic N) is 2. The van der Waals surface area contributed by atoms with E-state index in [0.29, 0.717) is 11.3 Å². The monoisotopic (exact) mass is 265 g/mol. The molecule has 0 aliphatic carbocycles. The fraction of sp³-hybridized carbons (Fsp3) is 0. The Morgan fingerprint density at radius 1 is 0.950 bits per heavy atom. The van der Waals surface area contributed by atoms with Crippen LogP contribution in [0.1, 0.15) is 16.1 Å². The number of carbonyl (C=O) groups excluding carboxylic acids is 1. The number of aromatic nitrogens is 3. The fourth-order valence-electron chi connectivity index (χ4n) is 1.93. The Balaban J connectivity index is 2.04. The third-order valence-corrected chi connectivity index (χ3v) is 2.93. The van der Waals surface area contributed by atoms with Crippen molar-refractivity contribution in [3.63, 3.8) is 0 Å².